The fraction of sp³-hybridized carbons (Fsp3) is 0.400. The van der Waals surface area contributed by atoms with E-state index in [4.69, 9.17) is 10.5 Å². The van der Waals surface area contributed by atoms with E-state index in [0.717, 1.165) is 0 Å². The Balaban J connectivity index is 2.54. The van der Waals surface area contributed by atoms with Gasteiger partial charge in [-0.05, 0) is 45.4 Å². The van der Waals surface area contributed by atoms with Gasteiger partial charge >= 0.3 is 6.09 Å². The number of carbonyl (C=O) groups is 1. The molecule has 0 spiro atoms. The molecule has 1 rings (SSSR count). The van der Waals surface area contributed by atoms with Crippen molar-refractivity contribution in [2.45, 2.75) is 33.3 Å². The van der Waals surface area contributed by atoms with Crippen LogP contribution < -0.4 is 11.1 Å². The maximum Gasteiger partial charge on any atom is 0.407 e. The zero-order valence-electron chi connectivity index (χ0n) is 12.3. The Morgan fingerprint density at radius 2 is 2.10 bits per heavy atom. The lowest BCUT2D eigenvalue weighted by molar-refractivity contribution is 0.0534. The monoisotopic (exact) mass is 280 g/mol. The van der Waals surface area contributed by atoms with E-state index < -0.39 is 11.7 Å². The Kier molecular flexibility index (Phi) is 5.13. The van der Waals surface area contributed by atoms with Gasteiger partial charge in [0.05, 0.1) is 0 Å². The molecule has 4 nitrogen and oxygen atoms in total. The van der Waals surface area contributed by atoms with E-state index >= 15 is 0 Å². The molecule has 1 aromatic carbocycles. The summed E-state index contributed by atoms with van der Waals surface area (Å²) >= 11 is 0. The molecule has 1 aromatic rings. The Morgan fingerprint density at radius 1 is 1.45 bits per heavy atom. The third-order valence-corrected chi connectivity index (χ3v) is 2.45. The molecular formula is C15H21FN2O2. The van der Waals surface area contributed by atoms with Crippen molar-refractivity contribution in [3.63, 3.8) is 0 Å². The molecule has 0 fully saturated rings. The number of anilines is 1. The Bertz CT molecular complexity index is 519. The molecule has 0 unspecified atom stereocenters. The van der Waals surface area contributed by atoms with E-state index in [2.05, 4.69) is 5.32 Å². The Labute approximate surface area is 118 Å². The van der Waals surface area contributed by atoms with Crippen LogP contribution in [0.4, 0.5) is 14.9 Å². The minimum Gasteiger partial charge on any atom is -0.444 e. The van der Waals surface area contributed by atoms with Gasteiger partial charge in [0, 0.05) is 17.8 Å². The smallest absolute Gasteiger partial charge is 0.407 e. The fourth-order valence-corrected chi connectivity index (χ4v) is 1.48. The zero-order chi connectivity index (χ0) is 15.3. The number of nitrogen functional groups attached to an aromatic ring is 1. The molecular weight excluding hydrogens is 259 g/mol. The van der Waals surface area contributed by atoms with Gasteiger partial charge in [-0.3, -0.25) is 0 Å². The van der Waals surface area contributed by atoms with Gasteiger partial charge in [0.15, 0.2) is 0 Å². The molecule has 0 radical (unpaired) electrons. The summed E-state index contributed by atoms with van der Waals surface area (Å²) in [5.41, 5.74) is 6.81. The van der Waals surface area contributed by atoms with Crippen molar-refractivity contribution in [3.05, 3.63) is 35.2 Å². The van der Waals surface area contributed by atoms with Crippen LogP contribution in [-0.4, -0.2) is 18.2 Å². The van der Waals surface area contributed by atoms with Crippen molar-refractivity contribution in [3.8, 4) is 0 Å². The molecule has 0 bridgehead atoms. The largest absolute Gasteiger partial charge is 0.444 e. The van der Waals surface area contributed by atoms with Crippen LogP contribution >= 0.6 is 0 Å². The van der Waals surface area contributed by atoms with E-state index in [1.165, 1.54) is 6.07 Å². The second-order valence-corrected chi connectivity index (χ2v) is 5.52. The quantitative estimate of drug-likeness (QED) is 0.835. The number of amides is 1. The molecule has 1 amide bonds. The highest BCUT2D eigenvalue weighted by Gasteiger charge is 2.14. The summed E-state index contributed by atoms with van der Waals surface area (Å²) in [6.45, 7) is 7.35. The second-order valence-electron chi connectivity index (χ2n) is 5.52. The van der Waals surface area contributed by atoms with Crippen LogP contribution in [0.15, 0.2) is 18.2 Å². The Morgan fingerprint density at radius 3 is 2.70 bits per heavy atom. The first-order chi connectivity index (χ1) is 9.19. The van der Waals surface area contributed by atoms with Gasteiger partial charge in [-0.25, -0.2) is 9.18 Å². The van der Waals surface area contributed by atoms with Gasteiger partial charge in [0.1, 0.15) is 11.4 Å². The van der Waals surface area contributed by atoms with Crippen LogP contribution in [0.5, 0.6) is 0 Å². The number of rotatable bonds is 3. The number of alkyl carbamates (subject to hydrolysis) is 1. The lowest BCUT2D eigenvalue weighted by atomic mass is 10.1. The summed E-state index contributed by atoms with van der Waals surface area (Å²) in [5, 5.41) is 2.55. The van der Waals surface area contributed by atoms with E-state index in [0.29, 0.717) is 16.8 Å². The third-order valence-electron chi connectivity index (χ3n) is 2.45. The number of halogens is 1. The molecule has 3 N–H and O–H groups in total. The summed E-state index contributed by atoms with van der Waals surface area (Å²) in [6.07, 6.45) is 2.70. The molecule has 20 heavy (non-hydrogen) atoms. The van der Waals surface area contributed by atoms with Crippen LogP contribution in [0.1, 0.15) is 31.9 Å². The van der Waals surface area contributed by atoms with Crippen molar-refractivity contribution in [1.82, 2.24) is 5.32 Å². The number of nitrogens with one attached hydrogen (secondary N) is 1. The summed E-state index contributed by atoms with van der Waals surface area (Å²) in [7, 11) is 0. The van der Waals surface area contributed by atoms with Crippen molar-refractivity contribution < 1.29 is 13.9 Å². The predicted octanol–water partition coefficient (Wildman–Crippen LogP) is 3.25. The van der Waals surface area contributed by atoms with E-state index in [1.807, 2.05) is 0 Å². The highest BCUT2D eigenvalue weighted by atomic mass is 19.1. The minimum atomic E-state index is -0.536. The molecule has 0 saturated carbocycles. The van der Waals surface area contributed by atoms with Crippen molar-refractivity contribution in [2.75, 3.05) is 12.3 Å². The first-order valence-corrected chi connectivity index (χ1v) is 6.38. The van der Waals surface area contributed by atoms with Gasteiger partial charge < -0.3 is 15.8 Å². The highest BCUT2D eigenvalue weighted by Crippen LogP contribution is 2.18. The van der Waals surface area contributed by atoms with E-state index in [9.17, 15) is 9.18 Å². The third kappa shape index (κ3) is 5.30. The van der Waals surface area contributed by atoms with Gasteiger partial charge in [-0.1, -0.05) is 12.2 Å². The highest BCUT2D eigenvalue weighted by molar-refractivity contribution is 5.68. The number of nitrogens with two attached hydrogens (primary N) is 1. The molecule has 0 heterocycles. The van der Waals surface area contributed by atoms with Gasteiger partial charge in [0.25, 0.3) is 0 Å². The van der Waals surface area contributed by atoms with Crippen LogP contribution in [0.3, 0.4) is 0 Å². The average molecular weight is 280 g/mol. The Hall–Kier alpha value is -2.04. The van der Waals surface area contributed by atoms with Crippen molar-refractivity contribution >= 4 is 17.9 Å². The number of aryl methyl sites for hydroxylation is 1. The minimum absolute atomic E-state index is 0.252. The lowest BCUT2D eigenvalue weighted by Crippen LogP contribution is -2.32. The first-order valence-electron chi connectivity index (χ1n) is 6.38. The average Bonchev–Trinajstić information content (AvgIpc) is 2.28. The van der Waals surface area contributed by atoms with Crippen LogP contribution in [0.2, 0.25) is 0 Å². The number of carbonyl (C=O) groups excluding carboxylic acids is 1. The van der Waals surface area contributed by atoms with Crippen molar-refractivity contribution in [2.24, 2.45) is 0 Å². The van der Waals surface area contributed by atoms with Crippen molar-refractivity contribution in [1.29, 1.82) is 0 Å². The number of hydrogen-bond donors (Lipinski definition) is 2. The molecule has 0 saturated heterocycles. The van der Waals surface area contributed by atoms with E-state index in [1.54, 1.807) is 45.9 Å². The standard InChI is InChI=1S/C15H21FN2O2/c1-10-8-12(16)11(9-13(10)17)6-5-7-18-14(19)20-15(2,3)4/h5-6,8-9H,7,17H2,1-4H3,(H,18,19). The summed E-state index contributed by atoms with van der Waals surface area (Å²) in [5.74, 6) is -0.342. The predicted molar refractivity (Wildman–Crippen MR) is 78.8 cm³/mol. The molecule has 0 atom stereocenters. The second kappa shape index (κ2) is 6.41. The van der Waals surface area contributed by atoms with Crippen LogP contribution in [0.25, 0.3) is 6.08 Å². The molecule has 0 aliphatic carbocycles. The molecule has 5 heteroatoms. The number of ether oxygens (including phenoxy) is 1. The van der Waals surface area contributed by atoms with Crippen LogP contribution in [0, 0.1) is 12.7 Å². The zero-order valence-corrected chi connectivity index (χ0v) is 12.3. The summed E-state index contributed by atoms with van der Waals surface area (Å²) in [6, 6.07) is 2.95. The number of benzene rings is 1. The summed E-state index contributed by atoms with van der Waals surface area (Å²) < 4.78 is 18.7. The van der Waals surface area contributed by atoms with Gasteiger partial charge in [-0.15, -0.1) is 0 Å². The van der Waals surface area contributed by atoms with Gasteiger partial charge in [-0.2, -0.15) is 0 Å². The number of hydrogen-bond acceptors (Lipinski definition) is 3. The maximum atomic E-state index is 13.6. The first kappa shape index (κ1) is 16.0. The maximum absolute atomic E-state index is 13.6. The van der Waals surface area contributed by atoms with Crippen LogP contribution in [-0.2, 0) is 4.74 Å². The topological polar surface area (TPSA) is 64.3 Å². The van der Waals surface area contributed by atoms with Gasteiger partial charge in [0.2, 0.25) is 0 Å². The van der Waals surface area contributed by atoms with E-state index in [-0.39, 0.29) is 12.4 Å². The molecule has 0 aliphatic heterocycles. The molecule has 0 aliphatic rings. The summed E-state index contributed by atoms with van der Waals surface area (Å²) in [4.78, 5) is 11.4. The molecule has 0 aromatic heterocycles. The lowest BCUT2D eigenvalue weighted by Gasteiger charge is -2.19. The fourth-order valence-electron chi connectivity index (χ4n) is 1.48. The SMILES string of the molecule is Cc1cc(F)c(C=CCNC(=O)OC(C)(C)C)cc1N. The normalized spacial score (nSPS) is 11.7. The molecule has 110 valence electrons.